The first kappa shape index (κ1) is 15.2. The summed E-state index contributed by atoms with van der Waals surface area (Å²) in [6.45, 7) is 2.18. The molecular weight excluding hydrogens is 180 g/mol. The van der Waals surface area contributed by atoms with Crippen LogP contribution in [0, 0.1) is 0 Å². The average molecular weight is 200 g/mol. The Bertz CT molecular complexity index is 105. The Balaban J connectivity index is 0. The van der Waals surface area contributed by atoms with E-state index < -0.39 is 5.97 Å². The van der Waals surface area contributed by atoms with Crippen molar-refractivity contribution in [2.75, 3.05) is 0 Å². The van der Waals surface area contributed by atoms with E-state index in [1.807, 2.05) is 0 Å². The number of aliphatic carboxylic acids is 1. The number of carboxylic acids is 1. The summed E-state index contributed by atoms with van der Waals surface area (Å²) in [6.07, 6.45) is 7.25. The van der Waals surface area contributed by atoms with Crippen molar-refractivity contribution in [2.24, 2.45) is 0 Å². The molecule has 0 amide bonds. The fourth-order valence-electron chi connectivity index (χ4n) is 1.06. The molecular formula is C9H20CaO2. The van der Waals surface area contributed by atoms with Crippen molar-refractivity contribution >= 4 is 43.7 Å². The summed E-state index contributed by atoms with van der Waals surface area (Å²) in [5.74, 6) is -0.666. The zero-order valence-corrected chi connectivity index (χ0v) is 7.31. The molecule has 0 aromatic rings. The van der Waals surface area contributed by atoms with Gasteiger partial charge < -0.3 is 5.11 Å². The Labute approximate surface area is 105 Å². The molecule has 0 bridgehead atoms. The summed E-state index contributed by atoms with van der Waals surface area (Å²) >= 11 is 0. The van der Waals surface area contributed by atoms with Gasteiger partial charge >= 0.3 is 43.7 Å². The number of rotatable bonds is 7. The maximum absolute atomic E-state index is 10.1. The summed E-state index contributed by atoms with van der Waals surface area (Å²) in [4.78, 5) is 10.1. The molecule has 1 N–H and O–H groups in total. The number of hydrogen-bond donors (Lipinski definition) is 1. The molecule has 12 heavy (non-hydrogen) atoms. The standard InChI is InChI=1S/C9H18O2.Ca.2H/c1-2-3-4-5-6-7-8-9(10)11;;;/h2-8H2,1H3,(H,10,11);;;. The van der Waals surface area contributed by atoms with Gasteiger partial charge in [0, 0.05) is 6.42 Å². The predicted molar refractivity (Wildman–Crippen MR) is 54.2 cm³/mol. The molecule has 70 valence electrons. The van der Waals surface area contributed by atoms with Crippen LogP contribution in [0.1, 0.15) is 51.9 Å². The predicted octanol–water partition coefficient (Wildman–Crippen LogP) is 1.91. The fraction of sp³-hybridized carbons (Fsp3) is 0.889. The zero-order chi connectivity index (χ0) is 8.53. The second-order valence-corrected chi connectivity index (χ2v) is 2.91. The van der Waals surface area contributed by atoms with E-state index in [4.69, 9.17) is 5.11 Å². The molecule has 0 aromatic heterocycles. The minimum absolute atomic E-state index is 0. The molecule has 0 spiro atoms. The Hall–Kier alpha value is 0.730. The van der Waals surface area contributed by atoms with Crippen LogP contribution in [-0.2, 0) is 4.79 Å². The Morgan fingerprint density at radius 3 is 2.08 bits per heavy atom. The van der Waals surface area contributed by atoms with Crippen LogP contribution in [0.3, 0.4) is 0 Å². The van der Waals surface area contributed by atoms with Crippen molar-refractivity contribution < 1.29 is 9.90 Å². The third kappa shape index (κ3) is 13.3. The van der Waals surface area contributed by atoms with Gasteiger partial charge in [-0.05, 0) is 6.42 Å². The van der Waals surface area contributed by atoms with E-state index in [1.165, 1.54) is 25.7 Å². The van der Waals surface area contributed by atoms with Crippen LogP contribution >= 0.6 is 0 Å². The summed E-state index contributed by atoms with van der Waals surface area (Å²) in [6, 6.07) is 0. The van der Waals surface area contributed by atoms with Gasteiger partial charge in [-0.2, -0.15) is 0 Å². The van der Waals surface area contributed by atoms with Crippen LogP contribution < -0.4 is 0 Å². The van der Waals surface area contributed by atoms with Gasteiger partial charge in [0.05, 0.1) is 0 Å². The molecule has 0 aromatic carbocycles. The number of hydrogen-bond acceptors (Lipinski definition) is 1. The van der Waals surface area contributed by atoms with Crippen LogP contribution in [0.25, 0.3) is 0 Å². The number of carboxylic acid groups (broad SMARTS) is 1. The second-order valence-electron chi connectivity index (χ2n) is 2.91. The molecule has 0 heterocycles. The quantitative estimate of drug-likeness (QED) is 0.503. The molecule has 2 nitrogen and oxygen atoms in total. The number of carbonyl (C=O) groups is 1. The Morgan fingerprint density at radius 2 is 1.58 bits per heavy atom. The van der Waals surface area contributed by atoms with Crippen molar-refractivity contribution in [1.29, 1.82) is 0 Å². The average Bonchev–Trinajstić information content (AvgIpc) is 1.96. The van der Waals surface area contributed by atoms with Gasteiger partial charge in [0.25, 0.3) is 0 Å². The molecule has 0 aliphatic heterocycles. The van der Waals surface area contributed by atoms with E-state index in [0.29, 0.717) is 6.42 Å². The van der Waals surface area contributed by atoms with E-state index >= 15 is 0 Å². The van der Waals surface area contributed by atoms with Gasteiger partial charge in [-0.25, -0.2) is 0 Å². The van der Waals surface area contributed by atoms with Crippen LogP contribution in [0.2, 0.25) is 0 Å². The minimum atomic E-state index is -0.666. The summed E-state index contributed by atoms with van der Waals surface area (Å²) in [7, 11) is 0. The first-order valence-electron chi connectivity index (χ1n) is 4.49. The van der Waals surface area contributed by atoms with Crippen molar-refractivity contribution in [3.05, 3.63) is 0 Å². The Morgan fingerprint density at radius 1 is 1.08 bits per heavy atom. The first-order valence-corrected chi connectivity index (χ1v) is 4.49. The SMILES string of the molecule is CCCCCCCCC(=O)O.[CaH2]. The van der Waals surface area contributed by atoms with E-state index in [1.54, 1.807) is 0 Å². The molecule has 0 atom stereocenters. The van der Waals surface area contributed by atoms with Gasteiger partial charge in [0.1, 0.15) is 0 Å². The van der Waals surface area contributed by atoms with Crippen LogP contribution in [0.4, 0.5) is 0 Å². The molecule has 0 rings (SSSR count). The van der Waals surface area contributed by atoms with Crippen molar-refractivity contribution in [3.63, 3.8) is 0 Å². The normalized spacial score (nSPS) is 9.08. The third-order valence-electron chi connectivity index (χ3n) is 1.74. The van der Waals surface area contributed by atoms with E-state index in [9.17, 15) is 4.79 Å². The van der Waals surface area contributed by atoms with Crippen molar-refractivity contribution in [1.82, 2.24) is 0 Å². The zero-order valence-electron chi connectivity index (χ0n) is 7.31. The fourth-order valence-corrected chi connectivity index (χ4v) is 1.06. The second kappa shape index (κ2) is 11.7. The molecule has 0 saturated carbocycles. The summed E-state index contributed by atoms with van der Waals surface area (Å²) in [5, 5.41) is 8.32. The van der Waals surface area contributed by atoms with Crippen molar-refractivity contribution in [2.45, 2.75) is 51.9 Å². The van der Waals surface area contributed by atoms with Gasteiger partial charge in [-0.15, -0.1) is 0 Å². The van der Waals surface area contributed by atoms with Gasteiger partial charge in [0.2, 0.25) is 0 Å². The molecule has 0 fully saturated rings. The van der Waals surface area contributed by atoms with Gasteiger partial charge in [-0.3, -0.25) is 4.79 Å². The summed E-state index contributed by atoms with van der Waals surface area (Å²) in [5.41, 5.74) is 0. The van der Waals surface area contributed by atoms with Gasteiger partial charge in [-0.1, -0.05) is 39.0 Å². The monoisotopic (exact) mass is 200 g/mol. The molecule has 0 unspecified atom stereocenters. The third-order valence-corrected chi connectivity index (χ3v) is 1.74. The van der Waals surface area contributed by atoms with Crippen LogP contribution in [-0.4, -0.2) is 48.8 Å². The topological polar surface area (TPSA) is 37.3 Å². The van der Waals surface area contributed by atoms with E-state index in [-0.39, 0.29) is 37.7 Å². The molecule has 0 aliphatic rings. The maximum atomic E-state index is 10.1. The van der Waals surface area contributed by atoms with Crippen LogP contribution in [0.15, 0.2) is 0 Å². The Kier molecular flexibility index (Phi) is 14.9. The van der Waals surface area contributed by atoms with Crippen molar-refractivity contribution in [3.8, 4) is 0 Å². The molecule has 0 aliphatic carbocycles. The van der Waals surface area contributed by atoms with E-state index in [0.717, 1.165) is 12.8 Å². The molecule has 0 saturated heterocycles. The van der Waals surface area contributed by atoms with Crippen LogP contribution in [0.5, 0.6) is 0 Å². The molecule has 3 heteroatoms. The molecule has 0 radical (unpaired) electrons. The van der Waals surface area contributed by atoms with Gasteiger partial charge in [0.15, 0.2) is 0 Å². The summed E-state index contributed by atoms with van der Waals surface area (Å²) < 4.78 is 0. The first-order chi connectivity index (χ1) is 5.27. The number of unbranched alkanes of at least 4 members (excludes halogenated alkanes) is 5. The van der Waals surface area contributed by atoms with E-state index in [2.05, 4.69) is 6.92 Å².